The second-order valence-corrected chi connectivity index (χ2v) is 6.27. The topological polar surface area (TPSA) is 90.2 Å². The number of amides is 1. The highest BCUT2D eigenvalue weighted by molar-refractivity contribution is 5.99. The molecule has 0 bridgehead atoms. The second-order valence-electron chi connectivity index (χ2n) is 6.27. The molecule has 0 aromatic carbocycles. The molecule has 6 nitrogen and oxygen atoms in total. The van der Waals surface area contributed by atoms with Gasteiger partial charge in [0.15, 0.2) is 0 Å². The molecule has 1 saturated carbocycles. The van der Waals surface area contributed by atoms with E-state index in [9.17, 15) is 4.79 Å². The van der Waals surface area contributed by atoms with Gasteiger partial charge in [-0.05, 0) is 38.0 Å². The van der Waals surface area contributed by atoms with E-state index in [1.54, 1.807) is 4.68 Å². The van der Waals surface area contributed by atoms with E-state index >= 15 is 0 Å². The van der Waals surface area contributed by atoms with Crippen molar-refractivity contribution in [1.82, 2.24) is 9.78 Å². The van der Waals surface area contributed by atoms with E-state index in [2.05, 4.69) is 10.00 Å². The van der Waals surface area contributed by atoms with Gasteiger partial charge in [0.25, 0.3) is 5.91 Å². The van der Waals surface area contributed by atoms with Crippen LogP contribution in [-0.2, 0) is 7.05 Å². The summed E-state index contributed by atoms with van der Waals surface area (Å²) in [5.74, 6) is 1.80. The lowest BCUT2D eigenvalue weighted by atomic mass is 9.79. The molecule has 2 fully saturated rings. The van der Waals surface area contributed by atoms with Crippen molar-refractivity contribution in [2.75, 3.05) is 18.0 Å². The number of anilines is 1. The number of carbonyl (C=O) groups is 1. The molecule has 4 N–H and O–H groups in total. The molecule has 1 aromatic heterocycles. The van der Waals surface area contributed by atoms with Crippen LogP contribution >= 0.6 is 0 Å². The zero-order chi connectivity index (χ0) is 14.4. The summed E-state index contributed by atoms with van der Waals surface area (Å²) in [5, 5.41) is 4.36. The lowest BCUT2D eigenvalue weighted by molar-refractivity contribution is 0.1000. The van der Waals surface area contributed by atoms with Crippen molar-refractivity contribution >= 4 is 11.7 Å². The fourth-order valence-corrected chi connectivity index (χ4v) is 3.94. The molecule has 1 aromatic rings. The van der Waals surface area contributed by atoms with E-state index in [4.69, 9.17) is 11.5 Å². The van der Waals surface area contributed by atoms with Crippen LogP contribution in [0.15, 0.2) is 0 Å². The normalized spacial score (nSPS) is 29.6. The smallest absolute Gasteiger partial charge is 0.254 e. The lowest BCUT2D eigenvalue weighted by Gasteiger charge is -2.27. The number of aromatic nitrogens is 2. The van der Waals surface area contributed by atoms with E-state index in [1.165, 1.54) is 6.42 Å². The summed E-state index contributed by atoms with van der Waals surface area (Å²) >= 11 is 0. The van der Waals surface area contributed by atoms with Gasteiger partial charge in [0, 0.05) is 26.2 Å². The largest absolute Gasteiger partial charge is 0.365 e. The second kappa shape index (κ2) is 4.77. The lowest BCUT2D eigenvalue weighted by Crippen LogP contribution is -2.32. The van der Waals surface area contributed by atoms with Crippen molar-refractivity contribution < 1.29 is 4.79 Å². The van der Waals surface area contributed by atoms with Crippen LogP contribution in [0, 0.1) is 18.8 Å². The Labute approximate surface area is 119 Å². The molecule has 1 unspecified atom stereocenters. The highest BCUT2D eigenvalue weighted by Crippen LogP contribution is 2.38. The third-order valence-corrected chi connectivity index (χ3v) is 4.83. The van der Waals surface area contributed by atoms with E-state index in [0.29, 0.717) is 29.1 Å². The maximum absolute atomic E-state index is 11.7. The molecular formula is C14H23N5O. The van der Waals surface area contributed by atoms with Gasteiger partial charge in [0.1, 0.15) is 11.4 Å². The molecule has 0 spiro atoms. The summed E-state index contributed by atoms with van der Waals surface area (Å²) in [6.07, 6.45) is 3.39. The van der Waals surface area contributed by atoms with E-state index < -0.39 is 5.91 Å². The summed E-state index contributed by atoms with van der Waals surface area (Å²) in [6.45, 7) is 3.77. The number of fused-ring (bicyclic) bond motifs is 1. The van der Waals surface area contributed by atoms with Crippen LogP contribution < -0.4 is 16.4 Å². The van der Waals surface area contributed by atoms with Crippen LogP contribution in [0.25, 0.3) is 0 Å². The van der Waals surface area contributed by atoms with Gasteiger partial charge in [-0.25, -0.2) is 0 Å². The van der Waals surface area contributed by atoms with Gasteiger partial charge >= 0.3 is 0 Å². The molecule has 1 amide bonds. The fraction of sp³-hybridized carbons (Fsp3) is 0.714. The predicted octanol–water partition coefficient (Wildman–Crippen LogP) is 0.391. The average Bonchev–Trinajstić information content (AvgIpc) is 2.88. The van der Waals surface area contributed by atoms with E-state index in [1.807, 2.05) is 14.0 Å². The number of nitrogens with zero attached hydrogens (tertiary/aromatic N) is 3. The van der Waals surface area contributed by atoms with Crippen LogP contribution in [0.2, 0.25) is 0 Å². The van der Waals surface area contributed by atoms with Gasteiger partial charge in [-0.15, -0.1) is 0 Å². The number of aryl methyl sites for hydroxylation is 2. The fourth-order valence-electron chi connectivity index (χ4n) is 3.94. The van der Waals surface area contributed by atoms with Crippen LogP contribution in [0.3, 0.4) is 0 Å². The summed E-state index contributed by atoms with van der Waals surface area (Å²) in [4.78, 5) is 14.0. The first-order valence-corrected chi connectivity index (χ1v) is 7.31. The van der Waals surface area contributed by atoms with Gasteiger partial charge in [-0.3, -0.25) is 9.48 Å². The number of primary amides is 1. The molecule has 1 aliphatic carbocycles. The molecule has 3 rings (SSSR count). The van der Waals surface area contributed by atoms with E-state index in [-0.39, 0.29) is 0 Å². The molecule has 1 aliphatic heterocycles. The number of rotatable bonds is 2. The molecule has 6 heteroatoms. The standard InChI is InChI=1S/C14H23N5O/c1-8-12(13(16)20)14(18(2)17-8)19-6-9-3-4-11(15)5-10(9)7-19/h9-11H,3-7,15H2,1-2H3,(H2,16,20)/t9-,10+,11?/m1/s1. The molecule has 2 heterocycles. The molecule has 20 heavy (non-hydrogen) atoms. The van der Waals surface area contributed by atoms with Crippen molar-refractivity contribution in [2.45, 2.75) is 32.2 Å². The first-order valence-electron chi connectivity index (χ1n) is 7.31. The number of carbonyl (C=O) groups excluding carboxylic acids is 1. The Kier molecular flexibility index (Phi) is 3.20. The van der Waals surface area contributed by atoms with Crippen molar-refractivity contribution in [3.63, 3.8) is 0 Å². The Hall–Kier alpha value is -1.56. The third-order valence-electron chi connectivity index (χ3n) is 4.83. The van der Waals surface area contributed by atoms with Crippen LogP contribution in [0.5, 0.6) is 0 Å². The summed E-state index contributed by atoms with van der Waals surface area (Å²) < 4.78 is 1.78. The Morgan fingerprint density at radius 3 is 2.70 bits per heavy atom. The minimum atomic E-state index is -0.392. The SMILES string of the molecule is Cc1nn(C)c(N2C[C@H]3CCC(N)C[C@H]3C2)c1C(N)=O. The highest BCUT2D eigenvalue weighted by atomic mass is 16.1. The number of hydrogen-bond donors (Lipinski definition) is 2. The Morgan fingerprint density at radius 2 is 2.00 bits per heavy atom. The van der Waals surface area contributed by atoms with Crippen LogP contribution in [-0.4, -0.2) is 34.8 Å². The van der Waals surface area contributed by atoms with Crippen molar-refractivity contribution in [3.8, 4) is 0 Å². The van der Waals surface area contributed by atoms with Crippen LogP contribution in [0.4, 0.5) is 5.82 Å². The third kappa shape index (κ3) is 2.08. The maximum atomic E-state index is 11.7. The molecule has 2 aliphatic rings. The quantitative estimate of drug-likeness (QED) is 0.818. The zero-order valence-electron chi connectivity index (χ0n) is 12.2. The Morgan fingerprint density at radius 1 is 1.30 bits per heavy atom. The predicted molar refractivity (Wildman–Crippen MR) is 77.5 cm³/mol. The zero-order valence-corrected chi connectivity index (χ0v) is 12.2. The first kappa shape index (κ1) is 13.4. The van der Waals surface area contributed by atoms with Crippen molar-refractivity contribution in [3.05, 3.63) is 11.3 Å². The highest BCUT2D eigenvalue weighted by Gasteiger charge is 2.39. The minimum absolute atomic E-state index is 0.333. The number of nitrogens with two attached hydrogens (primary N) is 2. The van der Waals surface area contributed by atoms with E-state index in [0.717, 1.165) is 31.7 Å². The van der Waals surface area contributed by atoms with Gasteiger partial charge in [-0.2, -0.15) is 5.10 Å². The molecule has 1 saturated heterocycles. The maximum Gasteiger partial charge on any atom is 0.254 e. The summed E-state index contributed by atoms with van der Waals surface area (Å²) in [5.41, 5.74) is 12.9. The molecule has 110 valence electrons. The number of hydrogen-bond acceptors (Lipinski definition) is 4. The molecular weight excluding hydrogens is 254 g/mol. The summed E-state index contributed by atoms with van der Waals surface area (Å²) in [6, 6.07) is 0.333. The molecule has 0 radical (unpaired) electrons. The van der Waals surface area contributed by atoms with Gasteiger partial charge < -0.3 is 16.4 Å². The van der Waals surface area contributed by atoms with Crippen molar-refractivity contribution in [2.24, 2.45) is 30.4 Å². The van der Waals surface area contributed by atoms with Gasteiger partial charge in [0.2, 0.25) is 0 Å². The van der Waals surface area contributed by atoms with Gasteiger partial charge in [-0.1, -0.05) is 0 Å². The Bertz CT molecular complexity index is 538. The summed E-state index contributed by atoms with van der Waals surface area (Å²) in [7, 11) is 1.88. The molecule has 3 atom stereocenters. The first-order chi connectivity index (χ1) is 9.47. The monoisotopic (exact) mass is 277 g/mol. The van der Waals surface area contributed by atoms with Crippen LogP contribution in [0.1, 0.15) is 35.3 Å². The van der Waals surface area contributed by atoms with Gasteiger partial charge in [0.05, 0.1) is 5.69 Å². The van der Waals surface area contributed by atoms with Crippen molar-refractivity contribution in [1.29, 1.82) is 0 Å². The Balaban J connectivity index is 1.90. The minimum Gasteiger partial charge on any atom is -0.365 e. The average molecular weight is 277 g/mol.